The third kappa shape index (κ3) is 2.11. The molecular formula is C11H9F2NO4. The topological polar surface area (TPSA) is 72.6 Å². The Kier molecular flexibility index (Phi) is 3.14. The van der Waals surface area contributed by atoms with E-state index in [1.807, 2.05) is 0 Å². The maximum Gasteiger partial charge on any atom is 0.387 e. The number of aromatic carboxylic acids is 1. The second-order valence-corrected chi connectivity index (χ2v) is 3.43. The molecule has 0 radical (unpaired) electrons. The average molecular weight is 257 g/mol. The van der Waals surface area contributed by atoms with Crippen LogP contribution in [0.4, 0.5) is 8.78 Å². The number of nitrogens with zero attached hydrogens (tertiary/aromatic N) is 1. The van der Waals surface area contributed by atoms with Gasteiger partial charge in [0.15, 0.2) is 22.7 Å². The van der Waals surface area contributed by atoms with Gasteiger partial charge in [-0.25, -0.2) is 9.78 Å². The van der Waals surface area contributed by atoms with Gasteiger partial charge >= 0.3 is 12.6 Å². The molecule has 96 valence electrons. The molecule has 1 N–H and O–H groups in total. The van der Waals surface area contributed by atoms with Crippen LogP contribution in [0.25, 0.3) is 11.1 Å². The van der Waals surface area contributed by atoms with Crippen LogP contribution in [-0.2, 0) is 6.42 Å². The fraction of sp³-hybridized carbons (Fsp3) is 0.273. The lowest BCUT2D eigenvalue weighted by molar-refractivity contribution is -0.0489. The number of carbonyl (C=O) groups is 1. The molecule has 1 aromatic carbocycles. The minimum absolute atomic E-state index is 0.00736. The minimum Gasteiger partial charge on any atom is -0.478 e. The van der Waals surface area contributed by atoms with E-state index in [0.717, 1.165) is 12.1 Å². The lowest BCUT2D eigenvalue weighted by Gasteiger charge is -2.04. The summed E-state index contributed by atoms with van der Waals surface area (Å²) in [4.78, 5) is 14.9. The fourth-order valence-corrected chi connectivity index (χ4v) is 1.54. The first kappa shape index (κ1) is 12.3. The normalized spacial score (nSPS) is 11.1. The molecule has 0 saturated carbocycles. The van der Waals surface area contributed by atoms with Crippen LogP contribution in [-0.4, -0.2) is 22.7 Å². The number of alkyl halides is 2. The third-order valence-electron chi connectivity index (χ3n) is 2.30. The van der Waals surface area contributed by atoms with Crippen molar-refractivity contribution in [2.24, 2.45) is 0 Å². The zero-order chi connectivity index (χ0) is 13.3. The summed E-state index contributed by atoms with van der Waals surface area (Å²) in [7, 11) is 0. The van der Waals surface area contributed by atoms with Gasteiger partial charge in [0.2, 0.25) is 0 Å². The Hall–Kier alpha value is -2.18. The van der Waals surface area contributed by atoms with E-state index < -0.39 is 12.6 Å². The van der Waals surface area contributed by atoms with E-state index in [2.05, 4.69) is 9.72 Å². The highest BCUT2D eigenvalue weighted by Gasteiger charge is 2.20. The van der Waals surface area contributed by atoms with Crippen molar-refractivity contribution in [2.75, 3.05) is 0 Å². The molecule has 7 heteroatoms. The lowest BCUT2D eigenvalue weighted by Crippen LogP contribution is -2.04. The zero-order valence-electron chi connectivity index (χ0n) is 9.31. The van der Waals surface area contributed by atoms with Crippen molar-refractivity contribution in [1.82, 2.24) is 4.98 Å². The van der Waals surface area contributed by atoms with E-state index in [1.165, 1.54) is 0 Å². The number of ether oxygens (including phenoxy) is 1. The predicted octanol–water partition coefficient (Wildman–Crippen LogP) is 2.69. The summed E-state index contributed by atoms with van der Waals surface area (Å²) in [6.07, 6.45) is 0.419. The van der Waals surface area contributed by atoms with Crippen molar-refractivity contribution in [3.05, 3.63) is 23.6 Å². The first-order valence-corrected chi connectivity index (χ1v) is 5.13. The molecule has 2 aromatic rings. The minimum atomic E-state index is -3.01. The molecular weight excluding hydrogens is 248 g/mol. The molecule has 0 amide bonds. The summed E-state index contributed by atoms with van der Waals surface area (Å²) in [5.74, 6) is -1.16. The van der Waals surface area contributed by atoms with Crippen LogP contribution in [0.15, 0.2) is 16.5 Å². The number of benzene rings is 1. The van der Waals surface area contributed by atoms with Crippen LogP contribution >= 0.6 is 0 Å². The number of fused-ring (bicyclic) bond motifs is 1. The Morgan fingerprint density at radius 3 is 2.83 bits per heavy atom. The van der Waals surface area contributed by atoms with E-state index in [-0.39, 0.29) is 28.3 Å². The number of aromatic nitrogens is 1. The Balaban J connectivity index is 2.65. The van der Waals surface area contributed by atoms with E-state index >= 15 is 0 Å². The van der Waals surface area contributed by atoms with Crippen molar-refractivity contribution in [1.29, 1.82) is 0 Å². The van der Waals surface area contributed by atoms with Gasteiger partial charge in [-0.2, -0.15) is 8.78 Å². The summed E-state index contributed by atoms with van der Waals surface area (Å²) in [5.41, 5.74) is -0.205. The van der Waals surface area contributed by atoms with Gasteiger partial charge in [-0.15, -0.1) is 0 Å². The van der Waals surface area contributed by atoms with Crippen molar-refractivity contribution in [2.45, 2.75) is 20.0 Å². The molecule has 2 rings (SSSR count). The van der Waals surface area contributed by atoms with E-state index in [4.69, 9.17) is 9.52 Å². The first-order chi connectivity index (χ1) is 8.52. The van der Waals surface area contributed by atoms with Crippen molar-refractivity contribution >= 4 is 17.1 Å². The van der Waals surface area contributed by atoms with Crippen molar-refractivity contribution in [3.63, 3.8) is 0 Å². The number of halogens is 2. The largest absolute Gasteiger partial charge is 0.478 e. The van der Waals surface area contributed by atoms with Gasteiger partial charge < -0.3 is 14.3 Å². The highest BCUT2D eigenvalue weighted by atomic mass is 19.3. The van der Waals surface area contributed by atoms with Crippen LogP contribution in [0.3, 0.4) is 0 Å². The van der Waals surface area contributed by atoms with Gasteiger partial charge in [-0.1, -0.05) is 6.92 Å². The average Bonchev–Trinajstić information content (AvgIpc) is 2.72. The van der Waals surface area contributed by atoms with Crippen LogP contribution in [0.1, 0.15) is 23.2 Å². The van der Waals surface area contributed by atoms with Gasteiger partial charge in [-0.3, -0.25) is 0 Å². The van der Waals surface area contributed by atoms with Crippen molar-refractivity contribution in [3.8, 4) is 5.75 Å². The number of oxazole rings is 1. The highest BCUT2D eigenvalue weighted by Crippen LogP contribution is 2.30. The van der Waals surface area contributed by atoms with Gasteiger partial charge in [0.25, 0.3) is 0 Å². The zero-order valence-corrected chi connectivity index (χ0v) is 9.31. The number of rotatable bonds is 4. The first-order valence-electron chi connectivity index (χ1n) is 5.13. The number of aryl methyl sites for hydroxylation is 1. The summed E-state index contributed by atoms with van der Waals surface area (Å²) < 4.78 is 33.9. The monoisotopic (exact) mass is 257 g/mol. The van der Waals surface area contributed by atoms with Crippen LogP contribution in [0.2, 0.25) is 0 Å². The second kappa shape index (κ2) is 4.59. The smallest absolute Gasteiger partial charge is 0.387 e. The van der Waals surface area contributed by atoms with Gasteiger partial charge in [0.1, 0.15) is 5.56 Å². The Morgan fingerprint density at radius 1 is 1.56 bits per heavy atom. The highest BCUT2D eigenvalue weighted by molar-refractivity contribution is 6.01. The van der Waals surface area contributed by atoms with Gasteiger partial charge in [0, 0.05) is 6.42 Å². The summed E-state index contributed by atoms with van der Waals surface area (Å²) >= 11 is 0. The van der Waals surface area contributed by atoms with Crippen LogP contribution in [0, 0.1) is 0 Å². The lowest BCUT2D eigenvalue weighted by atomic mass is 10.2. The van der Waals surface area contributed by atoms with E-state index in [1.54, 1.807) is 6.92 Å². The summed E-state index contributed by atoms with van der Waals surface area (Å²) in [6.45, 7) is -1.26. The molecule has 0 fully saturated rings. The molecule has 0 saturated heterocycles. The molecule has 1 heterocycles. The van der Waals surface area contributed by atoms with E-state index in [0.29, 0.717) is 6.42 Å². The molecule has 0 aliphatic heterocycles. The number of carboxylic acids is 1. The van der Waals surface area contributed by atoms with Gasteiger partial charge in [-0.05, 0) is 12.1 Å². The van der Waals surface area contributed by atoms with Crippen LogP contribution in [0.5, 0.6) is 5.75 Å². The molecule has 0 atom stereocenters. The summed E-state index contributed by atoms with van der Waals surface area (Å²) in [6, 6.07) is 2.28. The molecule has 1 aromatic heterocycles. The fourth-order valence-electron chi connectivity index (χ4n) is 1.54. The Labute approximate surface area is 100.0 Å². The predicted molar refractivity (Wildman–Crippen MR) is 57.0 cm³/mol. The Bertz CT molecular complexity index is 594. The molecule has 0 spiro atoms. The molecule has 0 unspecified atom stereocenters. The number of hydrogen-bond donors (Lipinski definition) is 1. The standard InChI is InChI=1S/C11H9F2NO4/c1-2-7-14-8-6(17-11(12)13)4-3-5(10(15)16)9(8)18-7/h3-4,11H,2H2,1H3,(H,15,16). The quantitative estimate of drug-likeness (QED) is 0.911. The molecule has 0 aliphatic rings. The molecule has 5 nitrogen and oxygen atoms in total. The second-order valence-electron chi connectivity index (χ2n) is 3.43. The van der Waals surface area contributed by atoms with Crippen molar-refractivity contribution < 1.29 is 27.8 Å². The summed E-state index contributed by atoms with van der Waals surface area (Å²) in [5, 5.41) is 8.96. The SMILES string of the molecule is CCc1nc2c(OC(F)F)ccc(C(=O)O)c2o1. The maximum absolute atomic E-state index is 12.2. The van der Waals surface area contributed by atoms with E-state index in [9.17, 15) is 13.6 Å². The number of hydrogen-bond acceptors (Lipinski definition) is 4. The maximum atomic E-state index is 12.2. The molecule has 0 bridgehead atoms. The van der Waals surface area contributed by atoms with Crippen LogP contribution < -0.4 is 4.74 Å². The van der Waals surface area contributed by atoms with Gasteiger partial charge in [0.05, 0.1) is 0 Å². The number of carboxylic acid groups (broad SMARTS) is 1. The third-order valence-corrected chi connectivity index (χ3v) is 2.30. The Morgan fingerprint density at radius 2 is 2.28 bits per heavy atom. The molecule has 0 aliphatic carbocycles. The molecule has 18 heavy (non-hydrogen) atoms.